The van der Waals surface area contributed by atoms with Crippen molar-refractivity contribution in [2.75, 3.05) is 0 Å². The summed E-state index contributed by atoms with van der Waals surface area (Å²) in [4.78, 5) is 18.8. The van der Waals surface area contributed by atoms with Crippen LogP contribution in [-0.4, -0.2) is 21.6 Å². The normalized spacial score (nSPS) is 16.6. The molecule has 0 saturated heterocycles. The van der Waals surface area contributed by atoms with E-state index in [0.717, 1.165) is 11.3 Å². The molecule has 1 aliphatic heterocycles. The molecule has 3 heterocycles. The molecule has 19 heavy (non-hydrogen) atoms. The molecule has 5 nitrogen and oxygen atoms in total. The number of rotatable bonds is 2. The molecule has 2 aromatic rings. The lowest BCUT2D eigenvalue weighted by Gasteiger charge is -2.00. The maximum atomic E-state index is 11.8. The summed E-state index contributed by atoms with van der Waals surface area (Å²) in [5.41, 5.74) is 5.03. The highest BCUT2D eigenvalue weighted by Gasteiger charge is 2.24. The Kier molecular flexibility index (Phi) is 2.89. The summed E-state index contributed by atoms with van der Waals surface area (Å²) in [6, 6.07) is 7.16. The molecule has 1 amide bonds. The van der Waals surface area contributed by atoms with Crippen LogP contribution in [0, 0.1) is 0 Å². The lowest BCUT2D eigenvalue weighted by molar-refractivity contribution is -0.116. The van der Waals surface area contributed by atoms with Gasteiger partial charge in [-0.3, -0.25) is 9.78 Å². The second kappa shape index (κ2) is 4.70. The Labute approximate surface area is 114 Å². The first-order valence-electron chi connectivity index (χ1n) is 5.59. The van der Waals surface area contributed by atoms with E-state index in [2.05, 4.69) is 20.5 Å². The fourth-order valence-electron chi connectivity index (χ4n) is 1.82. The quantitative estimate of drug-likeness (QED) is 0.821. The molecule has 0 radical (unpaired) electrons. The van der Waals surface area contributed by atoms with Gasteiger partial charge in [0.15, 0.2) is 0 Å². The van der Waals surface area contributed by atoms with Crippen LogP contribution in [0.3, 0.4) is 0 Å². The highest BCUT2D eigenvalue weighted by Crippen LogP contribution is 2.18. The number of aromatic amines is 1. The lowest BCUT2D eigenvalue weighted by atomic mass is 10.0. The Morgan fingerprint density at radius 3 is 2.84 bits per heavy atom. The van der Waals surface area contributed by atoms with Crippen LogP contribution in [0.25, 0.3) is 6.08 Å². The largest absolute Gasteiger partial charge is 0.346 e. The molecule has 0 saturated carbocycles. The monoisotopic (exact) mass is 272 g/mol. The van der Waals surface area contributed by atoms with Crippen LogP contribution >= 0.6 is 11.6 Å². The number of carbonyl (C=O) groups is 1. The molecular formula is C13H9ClN4O. The summed E-state index contributed by atoms with van der Waals surface area (Å²) in [6.07, 6.45) is 5.04. The van der Waals surface area contributed by atoms with Gasteiger partial charge in [-0.1, -0.05) is 11.6 Å². The minimum atomic E-state index is -0.246. The van der Waals surface area contributed by atoms with E-state index in [1.807, 2.05) is 6.07 Å². The van der Waals surface area contributed by atoms with Gasteiger partial charge in [0, 0.05) is 23.7 Å². The van der Waals surface area contributed by atoms with Gasteiger partial charge in [0.05, 0.1) is 5.57 Å². The average Bonchev–Trinajstić information content (AvgIpc) is 2.99. The Morgan fingerprint density at radius 1 is 1.26 bits per heavy atom. The topological polar surface area (TPSA) is 70.1 Å². The highest BCUT2D eigenvalue weighted by atomic mass is 35.5. The Morgan fingerprint density at radius 2 is 2.16 bits per heavy atom. The molecule has 3 rings (SSSR count). The molecule has 0 bridgehead atoms. The van der Waals surface area contributed by atoms with Gasteiger partial charge in [-0.2, -0.15) is 5.10 Å². The van der Waals surface area contributed by atoms with Crippen molar-refractivity contribution >= 4 is 29.3 Å². The third-order valence-electron chi connectivity index (χ3n) is 2.68. The summed E-state index contributed by atoms with van der Waals surface area (Å²) in [6.45, 7) is 0. The van der Waals surface area contributed by atoms with Crippen molar-refractivity contribution in [3.63, 3.8) is 0 Å². The molecule has 0 spiro atoms. The van der Waals surface area contributed by atoms with Crippen LogP contribution < -0.4 is 5.43 Å². The summed E-state index contributed by atoms with van der Waals surface area (Å²) >= 11 is 5.81. The van der Waals surface area contributed by atoms with Gasteiger partial charge in [0.1, 0.15) is 10.9 Å². The predicted molar refractivity (Wildman–Crippen MR) is 72.7 cm³/mol. The molecule has 0 aromatic carbocycles. The number of aromatic nitrogens is 2. The average molecular weight is 273 g/mol. The SMILES string of the molecule is O=C1NN=C(c2cccnc2)C1=Cc1ccc(Cl)[nH]1. The zero-order valence-electron chi connectivity index (χ0n) is 9.72. The number of hydrogen-bond donors (Lipinski definition) is 2. The van der Waals surface area contributed by atoms with Crippen molar-refractivity contribution < 1.29 is 4.79 Å². The number of carbonyl (C=O) groups excluding carboxylic acids is 1. The van der Waals surface area contributed by atoms with Gasteiger partial charge in [-0.25, -0.2) is 5.43 Å². The van der Waals surface area contributed by atoms with E-state index in [4.69, 9.17) is 11.6 Å². The van der Waals surface area contributed by atoms with Gasteiger partial charge in [0.2, 0.25) is 0 Å². The zero-order chi connectivity index (χ0) is 13.2. The molecule has 2 aromatic heterocycles. The van der Waals surface area contributed by atoms with Crippen LogP contribution in [0.2, 0.25) is 5.15 Å². The minimum Gasteiger partial charge on any atom is -0.346 e. The Balaban J connectivity index is 2.01. The molecule has 94 valence electrons. The second-order valence-corrected chi connectivity index (χ2v) is 4.37. The minimum absolute atomic E-state index is 0.246. The summed E-state index contributed by atoms with van der Waals surface area (Å²) in [5.74, 6) is -0.246. The van der Waals surface area contributed by atoms with Crippen LogP contribution in [0.1, 0.15) is 11.3 Å². The molecule has 0 unspecified atom stereocenters. The van der Waals surface area contributed by atoms with E-state index >= 15 is 0 Å². The van der Waals surface area contributed by atoms with Crippen molar-refractivity contribution in [1.29, 1.82) is 0 Å². The van der Waals surface area contributed by atoms with E-state index < -0.39 is 0 Å². The maximum Gasteiger partial charge on any atom is 0.273 e. The number of H-pyrrole nitrogens is 1. The number of hydrazone groups is 1. The van der Waals surface area contributed by atoms with Crippen molar-refractivity contribution in [3.8, 4) is 0 Å². The second-order valence-electron chi connectivity index (χ2n) is 3.96. The number of hydrogen-bond acceptors (Lipinski definition) is 3. The summed E-state index contributed by atoms with van der Waals surface area (Å²) < 4.78 is 0. The van der Waals surface area contributed by atoms with Gasteiger partial charge in [-0.15, -0.1) is 0 Å². The first kappa shape index (κ1) is 11.7. The van der Waals surface area contributed by atoms with Crippen molar-refractivity contribution in [2.24, 2.45) is 5.10 Å². The van der Waals surface area contributed by atoms with Gasteiger partial charge in [0.25, 0.3) is 5.91 Å². The molecule has 1 aliphatic rings. The standard InChI is InChI=1S/C13H9ClN4O/c14-11-4-3-9(16-11)6-10-12(17-18-13(10)19)8-2-1-5-15-7-8/h1-7,16H,(H,18,19). The van der Waals surface area contributed by atoms with Gasteiger partial charge >= 0.3 is 0 Å². The van der Waals surface area contributed by atoms with E-state index in [0.29, 0.717) is 16.4 Å². The van der Waals surface area contributed by atoms with Crippen LogP contribution in [-0.2, 0) is 4.79 Å². The van der Waals surface area contributed by atoms with Crippen molar-refractivity contribution in [2.45, 2.75) is 0 Å². The first-order valence-corrected chi connectivity index (χ1v) is 5.97. The molecule has 2 N–H and O–H groups in total. The number of nitrogens with zero attached hydrogens (tertiary/aromatic N) is 2. The van der Waals surface area contributed by atoms with Crippen LogP contribution in [0.15, 0.2) is 47.3 Å². The van der Waals surface area contributed by atoms with E-state index in [1.165, 1.54) is 0 Å². The van der Waals surface area contributed by atoms with Crippen LogP contribution in [0.5, 0.6) is 0 Å². The van der Waals surface area contributed by atoms with E-state index in [1.54, 1.807) is 36.7 Å². The maximum absolute atomic E-state index is 11.8. The smallest absolute Gasteiger partial charge is 0.273 e. The van der Waals surface area contributed by atoms with Crippen LogP contribution in [0.4, 0.5) is 0 Å². The third kappa shape index (κ3) is 2.28. The zero-order valence-corrected chi connectivity index (χ0v) is 10.5. The molecule has 0 atom stereocenters. The Hall–Kier alpha value is -2.40. The van der Waals surface area contributed by atoms with Crippen molar-refractivity contribution in [1.82, 2.24) is 15.4 Å². The summed E-state index contributed by atoms with van der Waals surface area (Å²) in [5, 5.41) is 4.55. The Bertz CT molecular complexity index is 688. The predicted octanol–water partition coefficient (Wildman–Crippen LogP) is 1.98. The fourth-order valence-corrected chi connectivity index (χ4v) is 1.99. The summed E-state index contributed by atoms with van der Waals surface area (Å²) in [7, 11) is 0. The molecule has 0 aliphatic carbocycles. The molecule has 6 heteroatoms. The van der Waals surface area contributed by atoms with Crippen molar-refractivity contribution in [3.05, 3.63) is 58.6 Å². The van der Waals surface area contributed by atoms with E-state index in [9.17, 15) is 4.79 Å². The van der Waals surface area contributed by atoms with Gasteiger partial charge in [-0.05, 0) is 30.3 Å². The number of pyridine rings is 1. The first-order chi connectivity index (χ1) is 9.24. The molecular weight excluding hydrogens is 264 g/mol. The number of nitrogens with one attached hydrogen (secondary N) is 2. The lowest BCUT2D eigenvalue weighted by Crippen LogP contribution is -2.13. The third-order valence-corrected chi connectivity index (χ3v) is 2.90. The van der Waals surface area contributed by atoms with Gasteiger partial charge < -0.3 is 4.98 Å². The van der Waals surface area contributed by atoms with E-state index in [-0.39, 0.29) is 5.91 Å². The number of amides is 1. The number of halogens is 1. The fraction of sp³-hybridized carbons (Fsp3) is 0. The highest BCUT2D eigenvalue weighted by molar-refractivity contribution is 6.33. The molecule has 0 fully saturated rings.